The first kappa shape index (κ1) is 30.6. The predicted molar refractivity (Wildman–Crippen MR) is 156 cm³/mol. The van der Waals surface area contributed by atoms with Crippen LogP contribution in [0.25, 0.3) is 6.08 Å². The van der Waals surface area contributed by atoms with E-state index in [0.29, 0.717) is 13.0 Å². The fourth-order valence-corrected chi connectivity index (χ4v) is 13.5. The van der Waals surface area contributed by atoms with Crippen LogP contribution in [-0.2, 0) is 28.5 Å². The van der Waals surface area contributed by atoms with Crippen molar-refractivity contribution in [1.82, 2.24) is 4.72 Å². The molecule has 2 bridgehead atoms. The number of carbonyl (C=O) groups excluding carboxylic acids is 1. The summed E-state index contributed by atoms with van der Waals surface area (Å²) in [6.45, 7) is 17.7. The van der Waals surface area contributed by atoms with E-state index in [2.05, 4.69) is 57.9 Å². The first-order valence-corrected chi connectivity index (χ1v) is 22.5. The molecular formula is C26H44NO6SSi3. The Bertz CT molecular complexity index is 1000. The van der Waals surface area contributed by atoms with E-state index in [1.54, 1.807) is 7.11 Å². The zero-order valence-corrected chi connectivity index (χ0v) is 27.7. The van der Waals surface area contributed by atoms with E-state index in [9.17, 15) is 9.00 Å². The summed E-state index contributed by atoms with van der Waals surface area (Å²) in [7, 11) is -3.18. The zero-order chi connectivity index (χ0) is 27.6. The van der Waals surface area contributed by atoms with E-state index < -0.39 is 48.2 Å². The van der Waals surface area contributed by atoms with Gasteiger partial charge < -0.3 is 13.0 Å². The fraction of sp³-hybridized carbons (Fsp3) is 0.654. The number of hydrogen-bond donors (Lipinski definition) is 1. The van der Waals surface area contributed by atoms with Crippen LogP contribution in [0, 0.1) is 11.3 Å². The molecule has 1 N–H and O–H groups in total. The van der Waals surface area contributed by atoms with Gasteiger partial charge in [-0.1, -0.05) is 26.0 Å². The minimum Gasteiger partial charge on any atom is -0.497 e. The van der Waals surface area contributed by atoms with Crippen molar-refractivity contribution in [2.75, 3.05) is 13.7 Å². The second kappa shape index (κ2) is 11.7. The Balaban J connectivity index is 1.62. The van der Waals surface area contributed by atoms with Crippen molar-refractivity contribution in [2.24, 2.45) is 11.3 Å². The minimum absolute atomic E-state index is 0.0442. The summed E-state index contributed by atoms with van der Waals surface area (Å²) < 4.78 is 40.0. The molecule has 37 heavy (non-hydrogen) atoms. The predicted octanol–water partition coefficient (Wildman–Crippen LogP) is 5.60. The lowest BCUT2D eigenvalue weighted by molar-refractivity contribution is -0.133. The molecule has 2 aliphatic carbocycles. The Morgan fingerprint density at radius 1 is 1.08 bits per heavy atom. The monoisotopic (exact) mass is 582 g/mol. The first-order valence-electron chi connectivity index (χ1n) is 13.1. The van der Waals surface area contributed by atoms with Gasteiger partial charge in [0.2, 0.25) is 11.3 Å². The van der Waals surface area contributed by atoms with Crippen molar-refractivity contribution in [3.05, 3.63) is 35.4 Å². The molecule has 0 aliphatic heterocycles. The molecule has 1 aromatic rings. The number of Topliss-reactive ketones (excluding diaryl/α,β-unsaturated/α-hetero) is 1. The molecule has 2 aliphatic rings. The maximum absolute atomic E-state index is 13.7. The molecule has 0 heterocycles. The Morgan fingerprint density at radius 3 is 2.22 bits per heavy atom. The topological polar surface area (TPSA) is 83.1 Å². The van der Waals surface area contributed by atoms with Gasteiger partial charge in [-0.25, -0.2) is 8.93 Å². The number of benzene rings is 1. The van der Waals surface area contributed by atoms with Crippen LogP contribution in [0.5, 0.6) is 5.75 Å². The number of ketones is 1. The van der Waals surface area contributed by atoms with Crippen molar-refractivity contribution in [3.63, 3.8) is 0 Å². The average Bonchev–Trinajstić information content (AvgIpc) is 3.10. The SMILES string of the molecule is COc1ccc(/C=C2/C(=O)C3(OS(=O)NCCC[Si](O[Si](C)(C)C)O[Si](C)(C)C)CCC2C3(C)C)cc1. The molecule has 0 saturated heterocycles. The van der Waals surface area contributed by atoms with Crippen LogP contribution < -0.4 is 9.46 Å². The molecule has 0 spiro atoms. The van der Waals surface area contributed by atoms with Crippen molar-refractivity contribution in [2.45, 2.75) is 84.0 Å². The van der Waals surface area contributed by atoms with E-state index in [-0.39, 0.29) is 11.7 Å². The number of hydrogen-bond acceptors (Lipinski definition) is 6. The number of methoxy groups -OCH3 is 1. The van der Waals surface area contributed by atoms with Gasteiger partial charge in [0, 0.05) is 17.5 Å². The van der Waals surface area contributed by atoms with E-state index in [4.69, 9.17) is 17.2 Å². The summed E-state index contributed by atoms with van der Waals surface area (Å²) in [5.41, 5.74) is 0.190. The van der Waals surface area contributed by atoms with Crippen LogP contribution in [-0.4, -0.2) is 55.2 Å². The molecule has 11 heteroatoms. The number of carbonyl (C=O) groups is 1. The van der Waals surface area contributed by atoms with Crippen LogP contribution in [0.2, 0.25) is 45.3 Å². The third-order valence-electron chi connectivity index (χ3n) is 6.98. The van der Waals surface area contributed by atoms with Crippen LogP contribution in [0.4, 0.5) is 0 Å². The van der Waals surface area contributed by atoms with Gasteiger partial charge in [0.15, 0.2) is 28.0 Å². The molecule has 0 aromatic heterocycles. The normalized spacial score (nSPS) is 25.3. The fourth-order valence-electron chi connectivity index (χ4n) is 5.24. The highest BCUT2D eigenvalue weighted by Gasteiger charge is 2.69. The van der Waals surface area contributed by atoms with E-state index in [1.165, 1.54) is 0 Å². The molecule has 2 fully saturated rings. The third kappa shape index (κ3) is 7.38. The second-order valence-electron chi connectivity index (χ2n) is 12.5. The summed E-state index contributed by atoms with van der Waals surface area (Å²) >= 11 is -1.78. The van der Waals surface area contributed by atoms with Crippen LogP contribution in [0.15, 0.2) is 29.8 Å². The van der Waals surface area contributed by atoms with Gasteiger partial charge in [-0.15, -0.1) is 0 Å². The van der Waals surface area contributed by atoms with Crippen LogP contribution >= 0.6 is 0 Å². The van der Waals surface area contributed by atoms with E-state index >= 15 is 0 Å². The highest BCUT2D eigenvalue weighted by molar-refractivity contribution is 7.78. The van der Waals surface area contributed by atoms with Crippen LogP contribution in [0.3, 0.4) is 0 Å². The molecule has 3 unspecified atom stereocenters. The summed E-state index contributed by atoms with van der Waals surface area (Å²) in [5.74, 6) is 0.800. The Kier molecular flexibility index (Phi) is 9.65. The zero-order valence-electron chi connectivity index (χ0n) is 23.9. The maximum Gasteiger partial charge on any atom is 0.362 e. The summed E-state index contributed by atoms with van der Waals surface area (Å²) in [5, 5.41) is 0. The van der Waals surface area contributed by atoms with E-state index in [0.717, 1.165) is 35.8 Å². The average molecular weight is 583 g/mol. The van der Waals surface area contributed by atoms with Crippen molar-refractivity contribution in [1.29, 1.82) is 0 Å². The Labute approximate surface area is 229 Å². The minimum atomic E-state index is -1.78. The van der Waals surface area contributed by atoms with Gasteiger partial charge in [0.25, 0.3) is 0 Å². The van der Waals surface area contributed by atoms with Gasteiger partial charge in [0.05, 0.1) is 7.11 Å². The molecule has 2 saturated carbocycles. The molecule has 3 rings (SSSR count). The van der Waals surface area contributed by atoms with E-state index in [1.807, 2.05) is 30.3 Å². The summed E-state index contributed by atoms with van der Waals surface area (Å²) in [6, 6.07) is 8.47. The molecule has 0 amide bonds. The molecular weight excluding hydrogens is 539 g/mol. The summed E-state index contributed by atoms with van der Waals surface area (Å²) in [6.07, 6.45) is 4.15. The van der Waals surface area contributed by atoms with Gasteiger partial charge in [0.1, 0.15) is 5.75 Å². The molecule has 7 nitrogen and oxygen atoms in total. The van der Waals surface area contributed by atoms with Gasteiger partial charge in [-0.05, 0) is 94.3 Å². The summed E-state index contributed by atoms with van der Waals surface area (Å²) in [4.78, 5) is 13.7. The lowest BCUT2D eigenvalue weighted by atomic mass is 9.78. The van der Waals surface area contributed by atoms with Crippen molar-refractivity contribution >= 4 is 49.0 Å². The largest absolute Gasteiger partial charge is 0.497 e. The Morgan fingerprint density at radius 2 is 1.68 bits per heavy atom. The van der Waals surface area contributed by atoms with Crippen LogP contribution in [0.1, 0.15) is 38.7 Å². The number of nitrogens with one attached hydrogen (secondary N) is 1. The maximum atomic E-state index is 13.7. The van der Waals surface area contributed by atoms with Gasteiger partial charge >= 0.3 is 9.28 Å². The van der Waals surface area contributed by atoms with Crippen molar-refractivity contribution < 1.29 is 26.2 Å². The van der Waals surface area contributed by atoms with Crippen molar-refractivity contribution in [3.8, 4) is 5.75 Å². The first-order chi connectivity index (χ1) is 17.1. The number of ether oxygens (including phenoxy) is 1. The van der Waals surface area contributed by atoms with Gasteiger partial charge in [-0.2, -0.15) is 0 Å². The number of rotatable bonds is 13. The smallest absolute Gasteiger partial charge is 0.362 e. The lowest BCUT2D eigenvalue weighted by Gasteiger charge is -2.34. The Hall–Kier alpha value is -0.929. The molecule has 3 atom stereocenters. The van der Waals surface area contributed by atoms with Gasteiger partial charge in [-0.3, -0.25) is 8.98 Å². The molecule has 207 valence electrons. The lowest BCUT2D eigenvalue weighted by Crippen LogP contribution is -2.48. The quantitative estimate of drug-likeness (QED) is 0.185. The standard InChI is InChI=1S/C26H44NO6SSi3/c1-25(2)23-15-16-26(25,24(28)22(23)19-20-11-13-21(30-3)14-12-20)31-34(29)27-17-10-18-35(32-36(4,5)6)33-37(7,8)9/h11-14,19,23,27H,10,15-18H2,1-9H3/b22-19+. The molecule has 1 aromatic carbocycles. The third-order valence-corrected chi connectivity index (χ3v) is 15.3. The number of fused-ring (bicyclic) bond motifs is 2. The molecule has 1 radical (unpaired) electrons. The second-order valence-corrected chi connectivity index (χ2v) is 24.7. The highest BCUT2D eigenvalue weighted by Crippen LogP contribution is 2.62. The highest BCUT2D eigenvalue weighted by atomic mass is 32.2.